The zero-order chi connectivity index (χ0) is 17.9. The van der Waals surface area contributed by atoms with E-state index in [0.717, 1.165) is 3.97 Å². The van der Waals surface area contributed by atoms with Crippen LogP contribution in [0.4, 0.5) is 5.69 Å². The van der Waals surface area contributed by atoms with E-state index in [9.17, 15) is 13.2 Å². The molecule has 1 aromatic carbocycles. The van der Waals surface area contributed by atoms with Gasteiger partial charge in [-0.1, -0.05) is 6.07 Å². The lowest BCUT2D eigenvalue weighted by Crippen LogP contribution is -2.14. The van der Waals surface area contributed by atoms with E-state index in [4.69, 9.17) is 4.74 Å². The van der Waals surface area contributed by atoms with Crippen LogP contribution in [0.2, 0.25) is 0 Å². The summed E-state index contributed by atoms with van der Waals surface area (Å²) >= 11 is 0. The van der Waals surface area contributed by atoms with Crippen LogP contribution in [-0.4, -0.2) is 30.4 Å². The molecule has 8 heteroatoms. The molecule has 0 unspecified atom stereocenters. The normalized spacial score (nSPS) is 11.1. The van der Waals surface area contributed by atoms with Crippen LogP contribution in [0, 0.1) is 0 Å². The molecule has 1 amide bonds. The molecule has 0 radical (unpaired) electrons. The Balaban J connectivity index is 1.81. The highest BCUT2D eigenvalue weighted by Crippen LogP contribution is 2.20. The fourth-order valence-corrected chi connectivity index (χ4v) is 3.36. The first-order valence-electron chi connectivity index (χ1n) is 7.31. The third kappa shape index (κ3) is 3.53. The van der Waals surface area contributed by atoms with Crippen LogP contribution in [0.25, 0.3) is 0 Å². The van der Waals surface area contributed by atoms with Gasteiger partial charge < -0.3 is 10.1 Å². The molecule has 0 aliphatic heterocycles. The van der Waals surface area contributed by atoms with E-state index in [1.807, 2.05) is 0 Å². The first kappa shape index (κ1) is 16.7. The monoisotopic (exact) mass is 357 g/mol. The minimum atomic E-state index is -3.75. The molecular weight excluding hydrogens is 342 g/mol. The number of benzene rings is 1. The van der Waals surface area contributed by atoms with Crippen LogP contribution in [-0.2, 0) is 10.0 Å². The Morgan fingerprint density at radius 1 is 1.12 bits per heavy atom. The number of amides is 1. The van der Waals surface area contributed by atoms with Gasteiger partial charge in [0.15, 0.2) is 0 Å². The Morgan fingerprint density at radius 2 is 1.88 bits per heavy atom. The molecule has 128 valence electrons. The molecule has 1 N–H and O–H groups in total. The highest BCUT2D eigenvalue weighted by atomic mass is 32.2. The van der Waals surface area contributed by atoms with Gasteiger partial charge in [0.25, 0.3) is 15.9 Å². The van der Waals surface area contributed by atoms with E-state index >= 15 is 0 Å². The SMILES string of the molecule is COc1ccc(S(=O)(=O)n2ccc(NC(=O)c3ccccn3)c2)cc1. The molecule has 3 aromatic rings. The Hall–Kier alpha value is -3.13. The molecule has 3 rings (SSSR count). The predicted molar refractivity (Wildman–Crippen MR) is 92.2 cm³/mol. The minimum Gasteiger partial charge on any atom is -0.497 e. The Labute approximate surface area is 144 Å². The van der Waals surface area contributed by atoms with Crippen molar-refractivity contribution in [1.29, 1.82) is 0 Å². The van der Waals surface area contributed by atoms with E-state index < -0.39 is 15.9 Å². The van der Waals surface area contributed by atoms with E-state index in [1.54, 1.807) is 30.3 Å². The minimum absolute atomic E-state index is 0.117. The largest absolute Gasteiger partial charge is 0.497 e. The Kier molecular flexibility index (Phi) is 4.53. The molecule has 2 heterocycles. The van der Waals surface area contributed by atoms with Gasteiger partial charge in [0.2, 0.25) is 0 Å². The molecule has 0 bridgehead atoms. The van der Waals surface area contributed by atoms with Crippen molar-refractivity contribution in [2.45, 2.75) is 4.90 Å². The molecule has 0 aliphatic rings. The van der Waals surface area contributed by atoms with Crippen LogP contribution >= 0.6 is 0 Å². The second-order valence-electron chi connectivity index (χ2n) is 5.08. The fourth-order valence-electron chi connectivity index (χ4n) is 2.16. The predicted octanol–water partition coefficient (Wildman–Crippen LogP) is 2.38. The first-order valence-corrected chi connectivity index (χ1v) is 8.75. The van der Waals surface area contributed by atoms with Gasteiger partial charge in [-0.05, 0) is 42.5 Å². The van der Waals surface area contributed by atoms with Crippen molar-refractivity contribution in [2.75, 3.05) is 12.4 Å². The third-order valence-electron chi connectivity index (χ3n) is 3.46. The Bertz CT molecular complexity index is 980. The quantitative estimate of drug-likeness (QED) is 0.757. The van der Waals surface area contributed by atoms with E-state index in [2.05, 4.69) is 10.3 Å². The second kappa shape index (κ2) is 6.78. The molecule has 0 spiro atoms. The average molecular weight is 357 g/mol. The molecule has 0 saturated heterocycles. The van der Waals surface area contributed by atoms with Crippen LogP contribution in [0.15, 0.2) is 72.0 Å². The summed E-state index contributed by atoms with van der Waals surface area (Å²) in [5, 5.41) is 2.61. The number of hydrogen-bond acceptors (Lipinski definition) is 5. The van der Waals surface area contributed by atoms with Crippen LogP contribution in [0.3, 0.4) is 0 Å². The van der Waals surface area contributed by atoms with Gasteiger partial charge >= 0.3 is 0 Å². The number of nitrogens with one attached hydrogen (secondary N) is 1. The number of ether oxygens (including phenoxy) is 1. The molecule has 2 aromatic heterocycles. The summed E-state index contributed by atoms with van der Waals surface area (Å²) in [7, 11) is -2.24. The number of hydrogen-bond donors (Lipinski definition) is 1. The van der Waals surface area contributed by atoms with Crippen molar-refractivity contribution in [3.05, 3.63) is 72.8 Å². The lowest BCUT2D eigenvalue weighted by atomic mass is 10.3. The van der Waals surface area contributed by atoms with Crippen molar-refractivity contribution in [1.82, 2.24) is 8.96 Å². The lowest BCUT2D eigenvalue weighted by molar-refractivity contribution is 0.102. The van der Waals surface area contributed by atoms with Crippen LogP contribution in [0.1, 0.15) is 10.5 Å². The smallest absolute Gasteiger partial charge is 0.274 e. The molecular formula is C17H15N3O4S. The maximum atomic E-state index is 12.6. The molecule has 7 nitrogen and oxygen atoms in total. The molecule has 0 fully saturated rings. The standard InChI is InChI=1S/C17H15N3O4S/c1-24-14-5-7-15(8-6-14)25(22,23)20-11-9-13(12-20)19-17(21)16-4-2-3-10-18-16/h2-12H,1H3,(H,19,21). The average Bonchev–Trinajstić information content (AvgIpc) is 3.12. The number of pyridine rings is 1. The zero-order valence-electron chi connectivity index (χ0n) is 13.3. The number of anilines is 1. The summed E-state index contributed by atoms with van der Waals surface area (Å²) in [6.45, 7) is 0. The van der Waals surface area contributed by atoms with Gasteiger partial charge in [0, 0.05) is 18.6 Å². The van der Waals surface area contributed by atoms with E-state index in [-0.39, 0.29) is 10.6 Å². The fraction of sp³-hybridized carbons (Fsp3) is 0.0588. The first-order chi connectivity index (χ1) is 12.0. The van der Waals surface area contributed by atoms with Crippen molar-refractivity contribution in [2.24, 2.45) is 0 Å². The van der Waals surface area contributed by atoms with Gasteiger partial charge in [0.1, 0.15) is 11.4 Å². The number of methoxy groups -OCH3 is 1. The number of carbonyl (C=O) groups is 1. The highest BCUT2D eigenvalue weighted by molar-refractivity contribution is 7.90. The number of aromatic nitrogens is 2. The summed E-state index contributed by atoms with van der Waals surface area (Å²) < 4.78 is 31.3. The van der Waals surface area contributed by atoms with E-state index in [1.165, 1.54) is 43.9 Å². The number of nitrogens with zero attached hydrogens (tertiary/aromatic N) is 2. The number of rotatable bonds is 5. The van der Waals surface area contributed by atoms with Crippen molar-refractivity contribution in [3.63, 3.8) is 0 Å². The van der Waals surface area contributed by atoms with Gasteiger partial charge in [0.05, 0.1) is 17.7 Å². The van der Waals surface area contributed by atoms with Crippen molar-refractivity contribution >= 4 is 21.6 Å². The summed E-state index contributed by atoms with van der Waals surface area (Å²) in [5.74, 6) is 0.148. The molecule has 0 atom stereocenters. The molecule has 0 aliphatic carbocycles. The van der Waals surface area contributed by atoms with Crippen molar-refractivity contribution in [3.8, 4) is 5.75 Å². The van der Waals surface area contributed by atoms with Gasteiger partial charge in [-0.15, -0.1) is 0 Å². The lowest BCUT2D eigenvalue weighted by Gasteiger charge is -2.06. The van der Waals surface area contributed by atoms with Crippen LogP contribution in [0.5, 0.6) is 5.75 Å². The summed E-state index contributed by atoms with van der Waals surface area (Å²) in [4.78, 5) is 16.1. The van der Waals surface area contributed by atoms with Crippen LogP contribution < -0.4 is 10.1 Å². The second-order valence-corrected chi connectivity index (χ2v) is 6.92. The topological polar surface area (TPSA) is 90.3 Å². The summed E-state index contributed by atoms with van der Waals surface area (Å²) in [6, 6.07) is 12.5. The highest BCUT2D eigenvalue weighted by Gasteiger charge is 2.17. The van der Waals surface area contributed by atoms with Gasteiger partial charge in [-0.3, -0.25) is 9.78 Å². The Morgan fingerprint density at radius 3 is 2.52 bits per heavy atom. The zero-order valence-corrected chi connectivity index (χ0v) is 14.1. The molecule has 25 heavy (non-hydrogen) atoms. The van der Waals surface area contributed by atoms with E-state index in [0.29, 0.717) is 11.4 Å². The van der Waals surface area contributed by atoms with Gasteiger partial charge in [-0.2, -0.15) is 0 Å². The maximum Gasteiger partial charge on any atom is 0.274 e. The summed E-state index contributed by atoms with van der Waals surface area (Å²) in [5.41, 5.74) is 0.598. The number of carbonyl (C=O) groups excluding carboxylic acids is 1. The summed E-state index contributed by atoms with van der Waals surface area (Å²) in [6.07, 6.45) is 4.21. The maximum absolute atomic E-state index is 12.6. The van der Waals surface area contributed by atoms with Gasteiger partial charge in [-0.25, -0.2) is 12.4 Å². The molecule has 0 saturated carbocycles. The van der Waals surface area contributed by atoms with Crippen molar-refractivity contribution < 1.29 is 17.9 Å². The third-order valence-corrected chi connectivity index (χ3v) is 5.11.